The van der Waals surface area contributed by atoms with Gasteiger partial charge in [-0.05, 0) is 79.4 Å². The van der Waals surface area contributed by atoms with E-state index in [1.54, 1.807) is 0 Å². The van der Waals surface area contributed by atoms with Crippen LogP contribution in [0.25, 0.3) is 10.9 Å². The summed E-state index contributed by atoms with van der Waals surface area (Å²) in [5.41, 5.74) is 2.49. The van der Waals surface area contributed by atoms with E-state index >= 15 is 0 Å². The minimum Gasteiger partial charge on any atom is -0.477 e. The van der Waals surface area contributed by atoms with E-state index in [0.717, 1.165) is 23.3 Å². The molecule has 4 saturated carbocycles. The van der Waals surface area contributed by atoms with Gasteiger partial charge < -0.3 is 5.11 Å². The summed E-state index contributed by atoms with van der Waals surface area (Å²) in [6, 6.07) is 9.96. The predicted octanol–water partition coefficient (Wildman–Crippen LogP) is 4.40. The van der Waals surface area contributed by atoms with Gasteiger partial charge in [0.2, 0.25) is 0 Å². The molecule has 0 unspecified atom stereocenters. The van der Waals surface area contributed by atoms with Gasteiger partial charge in [-0.15, -0.1) is 0 Å². The molecule has 1 aromatic carbocycles. The maximum absolute atomic E-state index is 11.6. The Balaban J connectivity index is 1.74. The van der Waals surface area contributed by atoms with Crippen LogP contribution in [0.5, 0.6) is 0 Å². The van der Waals surface area contributed by atoms with Crippen molar-refractivity contribution in [3.8, 4) is 0 Å². The fourth-order valence-electron chi connectivity index (χ4n) is 6.16. The average Bonchev–Trinajstić information content (AvgIpc) is 2.52. The average molecular weight is 307 g/mol. The molecular weight excluding hydrogens is 286 g/mol. The SMILES string of the molecule is O=C(O)c1cc(C23CC4CC(CC(C4)C2)C3)c2ccccc2n1. The Labute approximate surface area is 135 Å². The van der Waals surface area contributed by atoms with E-state index in [1.165, 1.54) is 49.5 Å². The fourth-order valence-corrected chi connectivity index (χ4v) is 6.16. The van der Waals surface area contributed by atoms with Crippen LogP contribution in [0.15, 0.2) is 30.3 Å². The molecular formula is C20H21NO2. The normalized spacial score (nSPS) is 34.9. The highest BCUT2D eigenvalue weighted by molar-refractivity contribution is 5.92. The van der Waals surface area contributed by atoms with Gasteiger partial charge in [0, 0.05) is 5.39 Å². The third-order valence-electron chi connectivity index (χ3n) is 6.54. The second-order valence-corrected chi connectivity index (χ2v) is 8.08. The number of nitrogens with zero attached hydrogens (tertiary/aromatic N) is 1. The van der Waals surface area contributed by atoms with E-state index in [4.69, 9.17) is 0 Å². The van der Waals surface area contributed by atoms with Crippen molar-refractivity contribution in [2.24, 2.45) is 17.8 Å². The van der Waals surface area contributed by atoms with Gasteiger partial charge in [-0.1, -0.05) is 18.2 Å². The van der Waals surface area contributed by atoms with E-state index in [-0.39, 0.29) is 11.1 Å². The molecule has 2 aromatic rings. The van der Waals surface area contributed by atoms with Gasteiger partial charge in [0.15, 0.2) is 0 Å². The summed E-state index contributed by atoms with van der Waals surface area (Å²) in [4.78, 5) is 15.9. The largest absolute Gasteiger partial charge is 0.477 e. The Bertz CT molecular complexity index is 775. The van der Waals surface area contributed by atoms with Gasteiger partial charge in [0.05, 0.1) is 5.52 Å². The topological polar surface area (TPSA) is 50.2 Å². The van der Waals surface area contributed by atoms with Gasteiger partial charge in [-0.2, -0.15) is 0 Å². The van der Waals surface area contributed by atoms with Crippen molar-refractivity contribution in [2.75, 3.05) is 0 Å². The quantitative estimate of drug-likeness (QED) is 0.894. The first-order valence-electron chi connectivity index (χ1n) is 8.76. The molecule has 3 heteroatoms. The molecule has 4 aliphatic carbocycles. The van der Waals surface area contributed by atoms with Crippen molar-refractivity contribution >= 4 is 16.9 Å². The highest BCUT2D eigenvalue weighted by Gasteiger charge is 2.52. The molecule has 118 valence electrons. The van der Waals surface area contributed by atoms with Crippen LogP contribution in [0.2, 0.25) is 0 Å². The van der Waals surface area contributed by atoms with Crippen molar-refractivity contribution in [3.63, 3.8) is 0 Å². The number of rotatable bonds is 2. The molecule has 1 N–H and O–H groups in total. The van der Waals surface area contributed by atoms with Crippen molar-refractivity contribution in [1.82, 2.24) is 4.98 Å². The van der Waals surface area contributed by atoms with Crippen LogP contribution in [0, 0.1) is 17.8 Å². The van der Waals surface area contributed by atoms with Gasteiger partial charge in [-0.25, -0.2) is 9.78 Å². The zero-order valence-corrected chi connectivity index (χ0v) is 13.2. The number of fused-ring (bicyclic) bond motifs is 1. The lowest BCUT2D eigenvalue weighted by Crippen LogP contribution is -2.48. The van der Waals surface area contributed by atoms with E-state index in [2.05, 4.69) is 17.1 Å². The molecule has 23 heavy (non-hydrogen) atoms. The van der Waals surface area contributed by atoms with Gasteiger partial charge in [0.25, 0.3) is 0 Å². The molecule has 4 aliphatic rings. The standard InChI is InChI=1S/C20H21NO2/c22-19(23)18-8-16(15-3-1-2-4-17(15)21-18)20-9-12-5-13(10-20)7-14(6-12)11-20/h1-4,8,12-14H,5-7,9-11H2,(H,22,23). The number of aromatic nitrogens is 1. The van der Waals surface area contributed by atoms with Crippen LogP contribution in [0.3, 0.4) is 0 Å². The second-order valence-electron chi connectivity index (χ2n) is 8.08. The minimum absolute atomic E-state index is 0.196. The zero-order valence-electron chi connectivity index (χ0n) is 13.2. The number of hydrogen-bond acceptors (Lipinski definition) is 2. The second kappa shape index (κ2) is 4.56. The predicted molar refractivity (Wildman–Crippen MR) is 88.6 cm³/mol. The van der Waals surface area contributed by atoms with Gasteiger partial charge in [-0.3, -0.25) is 0 Å². The monoisotopic (exact) mass is 307 g/mol. The summed E-state index contributed by atoms with van der Waals surface area (Å²) in [6.07, 6.45) is 7.92. The van der Waals surface area contributed by atoms with E-state index in [1.807, 2.05) is 18.2 Å². The van der Waals surface area contributed by atoms with Crippen LogP contribution < -0.4 is 0 Å². The Kier molecular flexibility index (Phi) is 2.68. The Morgan fingerprint density at radius 1 is 1.04 bits per heavy atom. The molecule has 4 bridgehead atoms. The molecule has 0 radical (unpaired) electrons. The van der Waals surface area contributed by atoms with Crippen molar-refractivity contribution in [2.45, 2.75) is 43.9 Å². The number of hydrogen-bond donors (Lipinski definition) is 1. The van der Waals surface area contributed by atoms with E-state index < -0.39 is 5.97 Å². The summed E-state index contributed by atoms with van der Waals surface area (Å²) >= 11 is 0. The number of benzene rings is 1. The fraction of sp³-hybridized carbons (Fsp3) is 0.500. The molecule has 0 aliphatic heterocycles. The number of carboxylic acids is 1. The maximum Gasteiger partial charge on any atom is 0.354 e. The third kappa shape index (κ3) is 1.95. The zero-order chi connectivity index (χ0) is 15.6. The molecule has 0 amide bonds. The lowest BCUT2D eigenvalue weighted by Gasteiger charge is -2.57. The van der Waals surface area contributed by atoms with Gasteiger partial charge >= 0.3 is 5.97 Å². The number of carboxylic acid groups (broad SMARTS) is 1. The summed E-state index contributed by atoms with van der Waals surface area (Å²) in [6.45, 7) is 0. The van der Waals surface area contributed by atoms with E-state index in [9.17, 15) is 9.90 Å². The molecule has 0 atom stereocenters. The Morgan fingerprint density at radius 2 is 1.65 bits per heavy atom. The Morgan fingerprint density at radius 3 is 2.26 bits per heavy atom. The number of pyridine rings is 1. The summed E-state index contributed by atoms with van der Waals surface area (Å²) < 4.78 is 0. The minimum atomic E-state index is -0.915. The van der Waals surface area contributed by atoms with Crippen LogP contribution in [0.4, 0.5) is 0 Å². The third-order valence-corrected chi connectivity index (χ3v) is 6.54. The van der Waals surface area contributed by atoms with Gasteiger partial charge in [0.1, 0.15) is 5.69 Å². The molecule has 3 nitrogen and oxygen atoms in total. The summed E-state index contributed by atoms with van der Waals surface area (Å²) in [5.74, 6) is 1.63. The van der Waals surface area contributed by atoms with Crippen LogP contribution in [0.1, 0.15) is 54.6 Å². The van der Waals surface area contributed by atoms with Crippen LogP contribution in [-0.2, 0) is 5.41 Å². The van der Waals surface area contributed by atoms with Crippen molar-refractivity contribution < 1.29 is 9.90 Å². The molecule has 6 rings (SSSR count). The smallest absolute Gasteiger partial charge is 0.354 e. The molecule has 1 heterocycles. The highest BCUT2D eigenvalue weighted by Crippen LogP contribution is 2.61. The summed E-state index contributed by atoms with van der Waals surface area (Å²) in [7, 11) is 0. The maximum atomic E-state index is 11.6. The molecule has 0 saturated heterocycles. The summed E-state index contributed by atoms with van der Waals surface area (Å²) in [5, 5.41) is 10.7. The lowest BCUT2D eigenvalue weighted by molar-refractivity contribution is -0.00455. The van der Waals surface area contributed by atoms with Crippen LogP contribution in [-0.4, -0.2) is 16.1 Å². The first-order chi connectivity index (χ1) is 11.1. The van der Waals surface area contributed by atoms with Crippen molar-refractivity contribution in [3.05, 3.63) is 41.6 Å². The molecule has 4 fully saturated rings. The number of aromatic carboxylic acids is 1. The highest BCUT2D eigenvalue weighted by atomic mass is 16.4. The lowest BCUT2D eigenvalue weighted by atomic mass is 9.48. The number of para-hydroxylation sites is 1. The Hall–Kier alpha value is -1.90. The van der Waals surface area contributed by atoms with E-state index in [0.29, 0.717) is 0 Å². The number of carbonyl (C=O) groups is 1. The molecule has 1 aromatic heterocycles. The first kappa shape index (κ1) is 13.5. The van der Waals surface area contributed by atoms with Crippen molar-refractivity contribution in [1.29, 1.82) is 0 Å². The first-order valence-corrected chi connectivity index (χ1v) is 8.76. The van der Waals surface area contributed by atoms with Crippen LogP contribution >= 0.6 is 0 Å². The molecule has 0 spiro atoms.